The molecule has 0 aliphatic carbocycles. The number of hydrogen-bond donors (Lipinski definition) is 1. The lowest BCUT2D eigenvalue weighted by atomic mass is 10.1. The second kappa shape index (κ2) is 6.35. The van der Waals surface area contributed by atoms with Crippen LogP contribution in [0.4, 0.5) is 11.4 Å². The summed E-state index contributed by atoms with van der Waals surface area (Å²) >= 11 is 0. The molecule has 0 aliphatic rings. The molecule has 0 unspecified atom stereocenters. The molecule has 0 aliphatic heterocycles. The van der Waals surface area contributed by atoms with Gasteiger partial charge in [0.1, 0.15) is 11.2 Å². The summed E-state index contributed by atoms with van der Waals surface area (Å²) in [6.45, 7) is 4.00. The third-order valence-corrected chi connectivity index (χ3v) is 3.44. The first kappa shape index (κ1) is 14.2. The molecule has 1 N–H and O–H groups in total. The van der Waals surface area contributed by atoms with E-state index in [1.807, 2.05) is 68.4 Å². The number of para-hydroxylation sites is 2. The Kier molecular flexibility index (Phi) is 4.10. The molecule has 110 valence electrons. The van der Waals surface area contributed by atoms with Crippen molar-refractivity contribution in [3.63, 3.8) is 0 Å². The van der Waals surface area contributed by atoms with Crippen LogP contribution in [0.15, 0.2) is 77.2 Å². The molecule has 22 heavy (non-hydrogen) atoms. The van der Waals surface area contributed by atoms with Gasteiger partial charge in [0, 0.05) is 28.2 Å². The highest BCUT2D eigenvalue weighted by molar-refractivity contribution is 6.05. The first-order valence-corrected chi connectivity index (χ1v) is 7.63. The Morgan fingerprint density at radius 3 is 2.14 bits per heavy atom. The number of furan rings is 1. The van der Waals surface area contributed by atoms with Crippen molar-refractivity contribution in [1.29, 1.82) is 0 Å². The van der Waals surface area contributed by atoms with Crippen molar-refractivity contribution < 1.29 is 4.42 Å². The minimum Gasteiger partial charge on any atom is -0.456 e. The molecular weight excluding hydrogens is 270 g/mol. The molecule has 0 fully saturated rings. The van der Waals surface area contributed by atoms with Crippen LogP contribution in [0.1, 0.15) is 13.8 Å². The zero-order valence-corrected chi connectivity index (χ0v) is 12.8. The van der Waals surface area contributed by atoms with E-state index in [1.54, 1.807) is 0 Å². The van der Waals surface area contributed by atoms with Crippen molar-refractivity contribution in [1.82, 2.24) is 0 Å². The number of rotatable bonds is 2. The molecule has 4 aromatic rings. The average Bonchev–Trinajstić information content (AvgIpc) is 2.95. The van der Waals surface area contributed by atoms with Gasteiger partial charge in [-0.25, -0.2) is 0 Å². The maximum Gasteiger partial charge on any atom is 0.137 e. The number of anilines is 2. The molecule has 0 spiro atoms. The summed E-state index contributed by atoms with van der Waals surface area (Å²) in [4.78, 5) is 0. The van der Waals surface area contributed by atoms with Gasteiger partial charge in [-0.3, -0.25) is 0 Å². The normalized spacial score (nSPS) is 10.3. The lowest BCUT2D eigenvalue weighted by Crippen LogP contribution is -1.88. The fourth-order valence-corrected chi connectivity index (χ4v) is 2.49. The van der Waals surface area contributed by atoms with E-state index in [0.29, 0.717) is 0 Å². The zero-order chi connectivity index (χ0) is 15.4. The number of benzene rings is 3. The van der Waals surface area contributed by atoms with Crippen molar-refractivity contribution in [3.8, 4) is 0 Å². The first-order valence-electron chi connectivity index (χ1n) is 7.63. The van der Waals surface area contributed by atoms with Gasteiger partial charge >= 0.3 is 0 Å². The number of nitrogens with one attached hydrogen (secondary N) is 1. The molecule has 0 radical (unpaired) electrons. The van der Waals surface area contributed by atoms with E-state index in [-0.39, 0.29) is 0 Å². The Labute approximate surface area is 130 Å². The van der Waals surface area contributed by atoms with Gasteiger partial charge in [-0.2, -0.15) is 0 Å². The number of fused-ring (bicyclic) bond motifs is 3. The minimum absolute atomic E-state index is 0.909. The predicted molar refractivity (Wildman–Crippen MR) is 94.8 cm³/mol. The van der Waals surface area contributed by atoms with Gasteiger partial charge in [0.15, 0.2) is 0 Å². The topological polar surface area (TPSA) is 25.2 Å². The highest BCUT2D eigenvalue weighted by Crippen LogP contribution is 2.31. The van der Waals surface area contributed by atoms with Gasteiger partial charge in [0.05, 0.1) is 0 Å². The highest BCUT2D eigenvalue weighted by Gasteiger charge is 2.06. The van der Waals surface area contributed by atoms with E-state index < -0.39 is 0 Å². The molecule has 4 rings (SSSR count). The zero-order valence-electron chi connectivity index (χ0n) is 12.8. The fourth-order valence-electron chi connectivity index (χ4n) is 2.49. The van der Waals surface area contributed by atoms with Crippen molar-refractivity contribution in [2.45, 2.75) is 13.8 Å². The second-order valence-electron chi connectivity index (χ2n) is 4.80. The van der Waals surface area contributed by atoms with Crippen molar-refractivity contribution in [2.75, 3.05) is 5.32 Å². The summed E-state index contributed by atoms with van der Waals surface area (Å²) in [6.07, 6.45) is 0. The van der Waals surface area contributed by atoms with Gasteiger partial charge in [-0.1, -0.05) is 50.2 Å². The monoisotopic (exact) mass is 289 g/mol. The summed E-state index contributed by atoms with van der Waals surface area (Å²) in [5, 5.41) is 5.69. The van der Waals surface area contributed by atoms with Crippen LogP contribution in [0.3, 0.4) is 0 Å². The molecule has 0 saturated heterocycles. The van der Waals surface area contributed by atoms with Crippen LogP contribution in [-0.2, 0) is 0 Å². The van der Waals surface area contributed by atoms with Gasteiger partial charge in [0.25, 0.3) is 0 Å². The Bertz CT molecular complexity index is 878. The van der Waals surface area contributed by atoms with Gasteiger partial charge in [-0.05, 0) is 30.3 Å². The molecule has 0 amide bonds. The average molecular weight is 289 g/mol. The Morgan fingerprint density at radius 1 is 0.636 bits per heavy atom. The van der Waals surface area contributed by atoms with Crippen LogP contribution < -0.4 is 5.32 Å². The fraction of sp³-hybridized carbons (Fsp3) is 0.100. The molecule has 1 aromatic heterocycles. The Balaban J connectivity index is 0.000000693. The van der Waals surface area contributed by atoms with Crippen LogP contribution in [0.5, 0.6) is 0 Å². The maximum absolute atomic E-state index is 5.89. The Hall–Kier alpha value is -2.74. The van der Waals surface area contributed by atoms with E-state index in [2.05, 4.69) is 23.5 Å². The first-order chi connectivity index (χ1) is 10.9. The molecule has 2 heteroatoms. The lowest BCUT2D eigenvalue weighted by Gasteiger charge is -2.05. The summed E-state index contributed by atoms with van der Waals surface area (Å²) in [6, 6.07) is 24.5. The molecular formula is C20H19NO. The molecule has 3 aromatic carbocycles. The van der Waals surface area contributed by atoms with Crippen LogP contribution in [0.2, 0.25) is 0 Å². The van der Waals surface area contributed by atoms with E-state index in [4.69, 9.17) is 4.42 Å². The van der Waals surface area contributed by atoms with E-state index in [1.165, 1.54) is 0 Å². The van der Waals surface area contributed by atoms with Gasteiger partial charge in [-0.15, -0.1) is 0 Å². The molecule has 0 atom stereocenters. The van der Waals surface area contributed by atoms with Crippen LogP contribution in [0, 0.1) is 0 Å². The van der Waals surface area contributed by atoms with Crippen molar-refractivity contribution in [2.24, 2.45) is 0 Å². The maximum atomic E-state index is 5.89. The molecule has 0 saturated carbocycles. The van der Waals surface area contributed by atoms with E-state index >= 15 is 0 Å². The molecule has 0 bridgehead atoms. The highest BCUT2D eigenvalue weighted by atomic mass is 16.3. The van der Waals surface area contributed by atoms with Crippen molar-refractivity contribution in [3.05, 3.63) is 72.8 Å². The standard InChI is InChI=1S/C18H13NO.C2H6/c1-2-6-13(7-3-1)19-14-10-11-16-15-8-4-5-9-17(15)20-18(16)12-14;1-2/h1-12,19H;1-2H3. The third kappa shape index (κ3) is 2.68. The van der Waals surface area contributed by atoms with Gasteiger partial charge in [0.2, 0.25) is 0 Å². The summed E-state index contributed by atoms with van der Waals surface area (Å²) in [5.74, 6) is 0. The third-order valence-electron chi connectivity index (χ3n) is 3.44. The summed E-state index contributed by atoms with van der Waals surface area (Å²) in [5.41, 5.74) is 3.94. The van der Waals surface area contributed by atoms with Crippen LogP contribution >= 0.6 is 0 Å². The minimum atomic E-state index is 0.909. The van der Waals surface area contributed by atoms with E-state index in [0.717, 1.165) is 33.3 Å². The predicted octanol–water partition coefficient (Wildman–Crippen LogP) is 6.36. The lowest BCUT2D eigenvalue weighted by molar-refractivity contribution is 0.669. The second-order valence-corrected chi connectivity index (χ2v) is 4.80. The Morgan fingerprint density at radius 2 is 1.32 bits per heavy atom. The van der Waals surface area contributed by atoms with E-state index in [9.17, 15) is 0 Å². The van der Waals surface area contributed by atoms with Crippen LogP contribution in [-0.4, -0.2) is 0 Å². The smallest absolute Gasteiger partial charge is 0.137 e. The molecule has 1 heterocycles. The summed E-state index contributed by atoms with van der Waals surface area (Å²) in [7, 11) is 0. The van der Waals surface area contributed by atoms with Crippen molar-refractivity contribution >= 4 is 33.3 Å². The van der Waals surface area contributed by atoms with Crippen LogP contribution in [0.25, 0.3) is 21.9 Å². The summed E-state index contributed by atoms with van der Waals surface area (Å²) < 4.78 is 5.89. The number of hydrogen-bond acceptors (Lipinski definition) is 2. The largest absolute Gasteiger partial charge is 0.456 e. The van der Waals surface area contributed by atoms with Gasteiger partial charge < -0.3 is 9.73 Å². The quantitative estimate of drug-likeness (QED) is 0.464. The SMILES string of the molecule is CC.c1ccc(Nc2ccc3c(c2)oc2ccccc23)cc1. The molecule has 2 nitrogen and oxygen atoms in total.